The molecule has 0 atom stereocenters. The topological polar surface area (TPSA) is 83.8 Å². The summed E-state index contributed by atoms with van der Waals surface area (Å²) in [5, 5.41) is 11.0. The third-order valence-electron chi connectivity index (χ3n) is 3.87. The fourth-order valence-electron chi connectivity index (χ4n) is 2.56. The molecule has 0 aromatic heterocycles. The summed E-state index contributed by atoms with van der Waals surface area (Å²) in [5.74, 6) is 0. The molecule has 1 saturated heterocycles. The summed E-state index contributed by atoms with van der Waals surface area (Å²) in [4.78, 5) is 12.4. The van der Waals surface area contributed by atoms with Crippen molar-refractivity contribution < 1.29 is 13.3 Å². The number of hydrogen-bond acceptors (Lipinski definition) is 5. The minimum absolute atomic E-state index is 0.0193. The van der Waals surface area contributed by atoms with Crippen molar-refractivity contribution in [3.8, 4) is 0 Å². The second kappa shape index (κ2) is 5.94. The van der Waals surface area contributed by atoms with Gasteiger partial charge >= 0.3 is 0 Å². The van der Waals surface area contributed by atoms with Crippen molar-refractivity contribution >= 4 is 15.7 Å². The number of nitrogens with zero attached hydrogens (tertiary/aromatic N) is 3. The van der Waals surface area contributed by atoms with Crippen LogP contribution in [0.15, 0.2) is 29.2 Å². The lowest BCUT2D eigenvalue weighted by Gasteiger charge is -2.41. The van der Waals surface area contributed by atoms with Gasteiger partial charge < -0.3 is 0 Å². The Kier molecular flexibility index (Phi) is 4.55. The molecule has 0 saturated carbocycles. The van der Waals surface area contributed by atoms with Crippen molar-refractivity contribution in [2.24, 2.45) is 0 Å². The molecule has 0 N–H and O–H groups in total. The van der Waals surface area contributed by atoms with Crippen LogP contribution in [-0.4, -0.2) is 54.3 Å². The summed E-state index contributed by atoms with van der Waals surface area (Å²) in [5.41, 5.74) is -0.394. The van der Waals surface area contributed by atoms with E-state index in [-0.39, 0.29) is 16.1 Å². The maximum atomic E-state index is 12.7. The van der Waals surface area contributed by atoms with Gasteiger partial charge in [-0.05, 0) is 26.8 Å². The fourth-order valence-corrected chi connectivity index (χ4v) is 4.14. The van der Waals surface area contributed by atoms with E-state index in [9.17, 15) is 18.5 Å². The van der Waals surface area contributed by atoms with Crippen LogP contribution in [0.5, 0.6) is 0 Å². The highest BCUT2D eigenvalue weighted by Gasteiger charge is 2.35. The molecule has 1 fully saturated rings. The normalized spacial score (nSPS) is 18.3. The highest BCUT2D eigenvalue weighted by molar-refractivity contribution is 7.89. The summed E-state index contributed by atoms with van der Waals surface area (Å²) in [7, 11) is -3.84. The Bertz CT molecular complexity index is 659. The molecule has 0 radical (unpaired) electrons. The molecule has 0 amide bonds. The molecular formula is C14H21N3O4S. The van der Waals surface area contributed by atoms with E-state index >= 15 is 0 Å². The fraction of sp³-hybridized carbons (Fsp3) is 0.571. The lowest BCUT2D eigenvalue weighted by atomic mass is 10.1. The first-order valence-corrected chi connectivity index (χ1v) is 8.56. The van der Waals surface area contributed by atoms with Gasteiger partial charge in [-0.15, -0.1) is 0 Å². The molecule has 7 nitrogen and oxygen atoms in total. The molecule has 1 aliphatic heterocycles. The summed E-state index contributed by atoms with van der Waals surface area (Å²) in [6.07, 6.45) is 0. The number of nitro benzene ring substituents is 1. The van der Waals surface area contributed by atoms with Crippen LogP contribution < -0.4 is 0 Å². The number of para-hydroxylation sites is 1. The van der Waals surface area contributed by atoms with Crippen LogP contribution in [0, 0.1) is 10.1 Å². The second-order valence-electron chi connectivity index (χ2n) is 6.29. The first kappa shape index (κ1) is 16.9. The Morgan fingerprint density at radius 3 is 2.14 bits per heavy atom. The molecule has 1 aromatic rings. The van der Waals surface area contributed by atoms with Crippen LogP contribution in [-0.2, 0) is 10.0 Å². The van der Waals surface area contributed by atoms with Crippen LogP contribution in [0.25, 0.3) is 0 Å². The minimum atomic E-state index is -3.84. The van der Waals surface area contributed by atoms with Gasteiger partial charge in [0.2, 0.25) is 10.0 Å². The van der Waals surface area contributed by atoms with Crippen molar-refractivity contribution in [2.75, 3.05) is 26.2 Å². The van der Waals surface area contributed by atoms with E-state index in [0.29, 0.717) is 26.2 Å². The number of hydrogen-bond donors (Lipinski definition) is 0. The van der Waals surface area contributed by atoms with Gasteiger partial charge in [-0.1, -0.05) is 12.1 Å². The third kappa shape index (κ3) is 3.29. The maximum Gasteiger partial charge on any atom is 0.289 e. The zero-order valence-electron chi connectivity index (χ0n) is 13.0. The van der Waals surface area contributed by atoms with Gasteiger partial charge in [-0.25, -0.2) is 8.42 Å². The van der Waals surface area contributed by atoms with Crippen molar-refractivity contribution in [3.05, 3.63) is 34.4 Å². The number of nitro groups is 1. The van der Waals surface area contributed by atoms with Gasteiger partial charge in [0, 0.05) is 37.8 Å². The third-order valence-corrected chi connectivity index (χ3v) is 5.81. The molecule has 0 unspecified atom stereocenters. The first-order chi connectivity index (χ1) is 10.1. The summed E-state index contributed by atoms with van der Waals surface area (Å²) < 4.78 is 26.7. The van der Waals surface area contributed by atoms with E-state index in [2.05, 4.69) is 25.7 Å². The molecule has 1 aliphatic rings. The Balaban J connectivity index is 2.25. The average molecular weight is 327 g/mol. The molecule has 0 aliphatic carbocycles. The Morgan fingerprint density at radius 1 is 1.09 bits per heavy atom. The van der Waals surface area contributed by atoms with Crippen LogP contribution in [0.1, 0.15) is 20.8 Å². The standard InChI is InChI=1S/C14H21N3O4S/c1-14(2,3)15-8-10-16(11-9-15)22(20,21)13-7-5-4-6-12(13)17(18)19/h4-7H,8-11H2,1-3H3. The van der Waals surface area contributed by atoms with Gasteiger partial charge in [0.25, 0.3) is 5.69 Å². The number of rotatable bonds is 3. The highest BCUT2D eigenvalue weighted by atomic mass is 32.2. The molecule has 1 heterocycles. The molecule has 2 rings (SSSR count). The lowest BCUT2D eigenvalue weighted by Crippen LogP contribution is -2.54. The molecule has 1 aromatic carbocycles. The molecule has 8 heteroatoms. The van der Waals surface area contributed by atoms with Gasteiger partial charge in [0.05, 0.1) is 4.92 Å². The SMILES string of the molecule is CC(C)(C)N1CCN(S(=O)(=O)c2ccccc2[N+](=O)[O-])CC1. The molecule has 22 heavy (non-hydrogen) atoms. The zero-order valence-corrected chi connectivity index (χ0v) is 13.8. The number of sulfonamides is 1. The number of benzene rings is 1. The van der Waals surface area contributed by atoms with Gasteiger partial charge in [-0.3, -0.25) is 15.0 Å². The zero-order chi connectivity index (χ0) is 16.5. The van der Waals surface area contributed by atoms with E-state index in [0.717, 1.165) is 0 Å². The predicted molar refractivity (Wildman–Crippen MR) is 83.2 cm³/mol. The van der Waals surface area contributed by atoms with Crippen LogP contribution in [0.4, 0.5) is 5.69 Å². The lowest BCUT2D eigenvalue weighted by molar-refractivity contribution is -0.387. The largest absolute Gasteiger partial charge is 0.296 e. The Hall–Kier alpha value is -1.51. The van der Waals surface area contributed by atoms with Crippen LogP contribution in [0.3, 0.4) is 0 Å². The van der Waals surface area contributed by atoms with Gasteiger partial charge in [0.15, 0.2) is 4.90 Å². The van der Waals surface area contributed by atoms with Gasteiger partial charge in [-0.2, -0.15) is 4.31 Å². The number of piperazine rings is 1. The van der Waals surface area contributed by atoms with Crippen molar-refractivity contribution in [3.63, 3.8) is 0 Å². The summed E-state index contributed by atoms with van der Waals surface area (Å²) >= 11 is 0. The first-order valence-electron chi connectivity index (χ1n) is 7.12. The quantitative estimate of drug-likeness (QED) is 0.623. The smallest absolute Gasteiger partial charge is 0.289 e. The predicted octanol–water partition coefficient (Wildman–Crippen LogP) is 1.70. The molecule has 0 spiro atoms. The van der Waals surface area contributed by atoms with E-state index in [1.54, 1.807) is 0 Å². The van der Waals surface area contributed by atoms with Crippen molar-refractivity contribution in [2.45, 2.75) is 31.2 Å². The molecule has 122 valence electrons. The van der Waals surface area contributed by atoms with E-state index < -0.39 is 14.9 Å². The van der Waals surface area contributed by atoms with E-state index in [1.807, 2.05) is 0 Å². The van der Waals surface area contributed by atoms with E-state index in [4.69, 9.17) is 0 Å². The molecule has 0 bridgehead atoms. The van der Waals surface area contributed by atoms with Crippen LogP contribution >= 0.6 is 0 Å². The Morgan fingerprint density at radius 2 is 1.64 bits per heavy atom. The van der Waals surface area contributed by atoms with Gasteiger partial charge in [0.1, 0.15) is 0 Å². The summed E-state index contributed by atoms with van der Waals surface area (Å²) in [6, 6.07) is 5.49. The van der Waals surface area contributed by atoms with E-state index in [1.165, 1.54) is 28.6 Å². The van der Waals surface area contributed by atoms with Crippen molar-refractivity contribution in [1.82, 2.24) is 9.21 Å². The monoisotopic (exact) mass is 327 g/mol. The highest BCUT2D eigenvalue weighted by Crippen LogP contribution is 2.27. The minimum Gasteiger partial charge on any atom is -0.296 e. The maximum absolute atomic E-state index is 12.7. The Labute approximate surface area is 130 Å². The van der Waals surface area contributed by atoms with Crippen LogP contribution in [0.2, 0.25) is 0 Å². The second-order valence-corrected chi connectivity index (χ2v) is 8.19. The molecular weight excluding hydrogens is 306 g/mol. The summed E-state index contributed by atoms with van der Waals surface area (Å²) in [6.45, 7) is 8.15. The van der Waals surface area contributed by atoms with Crippen molar-refractivity contribution in [1.29, 1.82) is 0 Å². The average Bonchev–Trinajstić information content (AvgIpc) is 2.46.